The molecule has 28 heavy (non-hydrogen) atoms. The topological polar surface area (TPSA) is 88.5 Å². The van der Waals surface area contributed by atoms with Crippen LogP contribution >= 0.6 is 11.6 Å². The Hall–Kier alpha value is -3.56. The van der Waals surface area contributed by atoms with Crippen LogP contribution in [0, 0.1) is 24.1 Å². The number of benzene rings is 2. The van der Waals surface area contributed by atoms with E-state index in [0.717, 1.165) is 10.9 Å². The predicted octanol–water partition coefficient (Wildman–Crippen LogP) is 4.91. The van der Waals surface area contributed by atoms with E-state index in [9.17, 15) is 9.65 Å². The Balaban J connectivity index is 2.07. The summed E-state index contributed by atoms with van der Waals surface area (Å²) in [4.78, 5) is 13.2. The number of hydrogen-bond acceptors (Lipinski definition) is 5. The first-order valence-corrected chi connectivity index (χ1v) is 8.75. The lowest BCUT2D eigenvalue weighted by Crippen LogP contribution is -2.04. The fourth-order valence-corrected chi connectivity index (χ4v) is 3.38. The molecular weight excluding hydrogens is 377 g/mol. The van der Waals surface area contributed by atoms with Gasteiger partial charge in [-0.05, 0) is 48.9 Å². The summed E-state index contributed by atoms with van der Waals surface area (Å²) in [6.45, 7) is 1.92. The van der Waals surface area contributed by atoms with E-state index in [1.807, 2.05) is 25.1 Å². The van der Waals surface area contributed by atoms with Crippen LogP contribution in [0.15, 0.2) is 48.7 Å². The van der Waals surface area contributed by atoms with Gasteiger partial charge in [-0.2, -0.15) is 5.26 Å². The Morgan fingerprint density at radius 1 is 1.11 bits per heavy atom. The Bertz CT molecular complexity index is 1260. The van der Waals surface area contributed by atoms with Gasteiger partial charge < -0.3 is 5.73 Å². The Labute approximate surface area is 165 Å². The van der Waals surface area contributed by atoms with Gasteiger partial charge in [0, 0.05) is 22.7 Å². The van der Waals surface area contributed by atoms with Crippen molar-refractivity contribution < 1.29 is 4.39 Å². The first-order valence-electron chi connectivity index (χ1n) is 8.37. The van der Waals surface area contributed by atoms with E-state index in [4.69, 9.17) is 17.3 Å². The highest BCUT2D eigenvalue weighted by Crippen LogP contribution is 2.37. The SMILES string of the molecule is Cc1c(-c2nc(C#N)c(N)nc2-c2ccc(F)cc2)cc(Cl)c2ncccc12. The molecule has 2 aromatic carbocycles. The van der Waals surface area contributed by atoms with Gasteiger partial charge in [-0.3, -0.25) is 4.98 Å². The minimum absolute atomic E-state index is 0.0109. The van der Waals surface area contributed by atoms with Gasteiger partial charge in [-0.1, -0.05) is 17.7 Å². The third-order valence-corrected chi connectivity index (χ3v) is 4.80. The monoisotopic (exact) mass is 389 g/mol. The summed E-state index contributed by atoms with van der Waals surface area (Å²) in [5.74, 6) is -0.354. The number of fused-ring (bicyclic) bond motifs is 1. The summed E-state index contributed by atoms with van der Waals surface area (Å²) >= 11 is 6.46. The number of nitrogens with two attached hydrogens (primary N) is 1. The molecule has 4 aromatic rings. The maximum atomic E-state index is 13.4. The zero-order valence-electron chi connectivity index (χ0n) is 14.7. The van der Waals surface area contributed by atoms with Crippen molar-refractivity contribution in [2.45, 2.75) is 6.92 Å². The number of hydrogen-bond donors (Lipinski definition) is 1. The van der Waals surface area contributed by atoms with Gasteiger partial charge in [-0.25, -0.2) is 14.4 Å². The van der Waals surface area contributed by atoms with Crippen molar-refractivity contribution in [3.8, 4) is 28.6 Å². The first-order chi connectivity index (χ1) is 13.5. The van der Waals surface area contributed by atoms with Gasteiger partial charge >= 0.3 is 0 Å². The van der Waals surface area contributed by atoms with E-state index in [1.165, 1.54) is 12.1 Å². The summed E-state index contributed by atoms with van der Waals surface area (Å²) in [7, 11) is 0. The smallest absolute Gasteiger partial charge is 0.183 e. The highest BCUT2D eigenvalue weighted by Gasteiger charge is 2.19. The number of halogens is 2. The maximum Gasteiger partial charge on any atom is 0.183 e. The van der Waals surface area contributed by atoms with E-state index in [2.05, 4.69) is 15.0 Å². The van der Waals surface area contributed by atoms with Gasteiger partial charge in [0.15, 0.2) is 11.5 Å². The second kappa shape index (κ2) is 6.87. The molecule has 5 nitrogen and oxygen atoms in total. The summed E-state index contributed by atoms with van der Waals surface area (Å²) in [6.07, 6.45) is 1.67. The average molecular weight is 390 g/mol. The number of rotatable bonds is 2. The Morgan fingerprint density at radius 3 is 2.57 bits per heavy atom. The number of pyridine rings is 1. The molecule has 0 spiro atoms. The van der Waals surface area contributed by atoms with Crippen molar-refractivity contribution in [2.75, 3.05) is 5.73 Å². The van der Waals surface area contributed by atoms with E-state index >= 15 is 0 Å². The molecule has 136 valence electrons. The highest BCUT2D eigenvalue weighted by atomic mass is 35.5. The Kier molecular flexibility index (Phi) is 4.38. The molecule has 0 aliphatic rings. The fraction of sp³-hybridized carbons (Fsp3) is 0.0476. The molecule has 0 aliphatic carbocycles. The second-order valence-electron chi connectivity index (χ2n) is 6.20. The lowest BCUT2D eigenvalue weighted by atomic mass is 9.97. The Morgan fingerprint density at radius 2 is 1.86 bits per heavy atom. The van der Waals surface area contributed by atoms with Gasteiger partial charge in [0.1, 0.15) is 11.9 Å². The van der Waals surface area contributed by atoms with E-state index < -0.39 is 0 Å². The number of nitriles is 1. The quantitative estimate of drug-likeness (QED) is 0.526. The molecule has 2 N–H and O–H groups in total. The van der Waals surface area contributed by atoms with Crippen molar-refractivity contribution in [3.05, 3.63) is 70.8 Å². The van der Waals surface area contributed by atoms with E-state index in [0.29, 0.717) is 33.1 Å². The summed E-state index contributed by atoms with van der Waals surface area (Å²) in [6, 6.07) is 13.3. The van der Waals surface area contributed by atoms with Crippen LogP contribution in [0.5, 0.6) is 0 Å². The third kappa shape index (κ3) is 2.92. The molecular formula is C21H13ClFN5. The van der Waals surface area contributed by atoms with Crippen LogP contribution in [0.2, 0.25) is 5.02 Å². The molecule has 0 aliphatic heterocycles. The molecule has 2 aromatic heterocycles. The van der Waals surface area contributed by atoms with Crippen molar-refractivity contribution in [3.63, 3.8) is 0 Å². The first kappa shape index (κ1) is 17.8. The van der Waals surface area contributed by atoms with Gasteiger partial charge in [0.2, 0.25) is 0 Å². The van der Waals surface area contributed by atoms with Crippen LogP contribution in [0.1, 0.15) is 11.3 Å². The van der Waals surface area contributed by atoms with Gasteiger partial charge in [0.05, 0.1) is 21.9 Å². The number of anilines is 1. The molecule has 0 saturated heterocycles. The van der Waals surface area contributed by atoms with Crippen molar-refractivity contribution in [2.24, 2.45) is 0 Å². The fourth-order valence-electron chi connectivity index (χ4n) is 3.12. The van der Waals surface area contributed by atoms with Crippen LogP contribution in [-0.2, 0) is 0 Å². The third-order valence-electron chi connectivity index (χ3n) is 4.51. The lowest BCUT2D eigenvalue weighted by molar-refractivity contribution is 0.628. The zero-order valence-corrected chi connectivity index (χ0v) is 15.5. The van der Waals surface area contributed by atoms with Crippen LogP contribution in [0.4, 0.5) is 10.2 Å². The average Bonchev–Trinajstić information content (AvgIpc) is 2.71. The zero-order chi connectivity index (χ0) is 19.8. The number of nitrogen functional groups attached to an aromatic ring is 1. The van der Waals surface area contributed by atoms with Crippen molar-refractivity contribution in [1.82, 2.24) is 15.0 Å². The van der Waals surface area contributed by atoms with Crippen molar-refractivity contribution in [1.29, 1.82) is 5.26 Å². The second-order valence-corrected chi connectivity index (χ2v) is 6.61. The molecule has 0 fully saturated rings. The minimum atomic E-state index is -0.365. The standard InChI is InChI=1S/C21H13ClFN5/c1-11-14-3-2-8-26-19(14)16(22)9-15(11)20-18(12-4-6-13(23)7-5-12)28-21(25)17(10-24)27-20/h2-9H,1H3,(H2,25,28). The van der Waals surface area contributed by atoms with Crippen LogP contribution in [0.25, 0.3) is 33.4 Å². The largest absolute Gasteiger partial charge is 0.381 e. The summed E-state index contributed by atoms with van der Waals surface area (Å²) in [5.41, 5.74) is 9.70. The molecule has 0 radical (unpaired) electrons. The van der Waals surface area contributed by atoms with E-state index in [-0.39, 0.29) is 17.3 Å². The van der Waals surface area contributed by atoms with Gasteiger partial charge in [0.25, 0.3) is 0 Å². The van der Waals surface area contributed by atoms with Gasteiger partial charge in [-0.15, -0.1) is 0 Å². The molecule has 0 bridgehead atoms. The molecule has 0 unspecified atom stereocenters. The summed E-state index contributed by atoms with van der Waals surface area (Å²) in [5, 5.41) is 10.7. The molecule has 0 saturated carbocycles. The van der Waals surface area contributed by atoms with E-state index in [1.54, 1.807) is 24.4 Å². The van der Waals surface area contributed by atoms with Crippen LogP contribution < -0.4 is 5.73 Å². The molecule has 0 atom stereocenters. The molecule has 0 amide bonds. The maximum absolute atomic E-state index is 13.4. The summed E-state index contributed by atoms with van der Waals surface area (Å²) < 4.78 is 13.4. The van der Waals surface area contributed by atoms with Crippen LogP contribution in [-0.4, -0.2) is 15.0 Å². The number of aryl methyl sites for hydroxylation is 1. The molecule has 2 heterocycles. The normalized spacial score (nSPS) is 10.8. The van der Waals surface area contributed by atoms with Crippen LogP contribution in [0.3, 0.4) is 0 Å². The van der Waals surface area contributed by atoms with Crippen molar-refractivity contribution >= 4 is 28.3 Å². The molecule has 4 rings (SSSR count). The lowest BCUT2D eigenvalue weighted by Gasteiger charge is -2.14. The number of nitrogens with zero attached hydrogens (tertiary/aromatic N) is 4. The highest BCUT2D eigenvalue weighted by molar-refractivity contribution is 6.35. The predicted molar refractivity (Wildman–Crippen MR) is 107 cm³/mol. The molecule has 7 heteroatoms. The number of aromatic nitrogens is 3. The minimum Gasteiger partial charge on any atom is -0.381 e.